The van der Waals surface area contributed by atoms with Gasteiger partial charge in [-0.3, -0.25) is 0 Å². The Kier molecular flexibility index (Phi) is 4.55. The molecule has 0 saturated heterocycles. The Balaban J connectivity index is 1.88. The normalized spacial score (nSPS) is 21.4. The molecule has 0 radical (unpaired) electrons. The molecule has 19 heavy (non-hydrogen) atoms. The number of benzene rings is 1. The van der Waals surface area contributed by atoms with E-state index in [4.69, 9.17) is 5.11 Å². The zero-order valence-electron chi connectivity index (χ0n) is 10.1. The number of hydrogen-bond acceptors (Lipinski definition) is 2. The number of aliphatic hydroxyl groups excluding tert-OH is 1. The average Bonchev–Trinajstić information content (AvgIpc) is 2.81. The Morgan fingerprint density at radius 3 is 2.89 bits per heavy atom. The van der Waals surface area contributed by atoms with Gasteiger partial charge in [0, 0.05) is 24.3 Å². The SMILES string of the molecule is O=C(Nc1ccc(F)c(Br)c1)N[C@@H]1C=C[C@H](CO)C1. The molecule has 0 aliphatic heterocycles. The van der Waals surface area contributed by atoms with Crippen LogP contribution in [0.5, 0.6) is 0 Å². The van der Waals surface area contributed by atoms with Crippen LogP contribution in [0.25, 0.3) is 0 Å². The third kappa shape index (κ3) is 3.78. The molecule has 4 nitrogen and oxygen atoms in total. The Morgan fingerprint density at radius 1 is 1.47 bits per heavy atom. The number of carbonyl (C=O) groups excluding carboxylic acids is 1. The molecule has 1 aliphatic rings. The second-order valence-corrected chi connectivity index (χ2v) is 5.25. The van der Waals surface area contributed by atoms with Gasteiger partial charge in [-0.1, -0.05) is 12.2 Å². The van der Waals surface area contributed by atoms with E-state index in [0.717, 1.165) is 0 Å². The minimum absolute atomic E-state index is 0.0824. The minimum atomic E-state index is -0.379. The van der Waals surface area contributed by atoms with Gasteiger partial charge in [0.25, 0.3) is 0 Å². The van der Waals surface area contributed by atoms with Crippen LogP contribution in [0.3, 0.4) is 0 Å². The van der Waals surface area contributed by atoms with E-state index in [1.165, 1.54) is 18.2 Å². The van der Waals surface area contributed by atoms with Crippen molar-refractivity contribution in [2.45, 2.75) is 12.5 Å². The predicted molar refractivity (Wildman–Crippen MR) is 74.4 cm³/mol. The van der Waals surface area contributed by atoms with E-state index in [9.17, 15) is 9.18 Å². The van der Waals surface area contributed by atoms with Crippen LogP contribution in [-0.4, -0.2) is 23.8 Å². The van der Waals surface area contributed by atoms with E-state index in [1.807, 2.05) is 12.2 Å². The highest BCUT2D eigenvalue weighted by atomic mass is 79.9. The number of amides is 2. The predicted octanol–water partition coefficient (Wildman–Crippen LogP) is 2.65. The van der Waals surface area contributed by atoms with Gasteiger partial charge >= 0.3 is 6.03 Å². The van der Waals surface area contributed by atoms with E-state index in [0.29, 0.717) is 16.6 Å². The van der Waals surface area contributed by atoms with Crippen molar-refractivity contribution in [1.82, 2.24) is 5.32 Å². The molecule has 1 aromatic carbocycles. The maximum atomic E-state index is 13.0. The number of carbonyl (C=O) groups is 1. The molecule has 1 aliphatic carbocycles. The van der Waals surface area contributed by atoms with E-state index >= 15 is 0 Å². The van der Waals surface area contributed by atoms with Gasteiger partial charge in [-0.2, -0.15) is 0 Å². The van der Waals surface area contributed by atoms with Crippen molar-refractivity contribution in [2.75, 3.05) is 11.9 Å². The molecule has 0 saturated carbocycles. The number of aliphatic hydroxyl groups is 1. The van der Waals surface area contributed by atoms with Crippen molar-refractivity contribution in [3.63, 3.8) is 0 Å². The van der Waals surface area contributed by atoms with Crippen LogP contribution >= 0.6 is 15.9 Å². The fourth-order valence-electron chi connectivity index (χ4n) is 1.93. The van der Waals surface area contributed by atoms with Crippen molar-refractivity contribution in [3.05, 3.63) is 40.6 Å². The third-order valence-electron chi connectivity index (χ3n) is 2.90. The molecule has 2 amide bonds. The first-order valence-corrected chi connectivity index (χ1v) is 6.69. The molecule has 1 aromatic rings. The molecular weight excluding hydrogens is 315 g/mol. The van der Waals surface area contributed by atoms with Crippen LogP contribution in [0.4, 0.5) is 14.9 Å². The summed E-state index contributed by atoms with van der Waals surface area (Å²) in [6, 6.07) is 3.82. The third-order valence-corrected chi connectivity index (χ3v) is 3.51. The number of hydrogen-bond donors (Lipinski definition) is 3. The molecule has 0 fully saturated rings. The zero-order chi connectivity index (χ0) is 13.8. The molecule has 2 atom stereocenters. The molecule has 0 unspecified atom stereocenters. The second kappa shape index (κ2) is 6.16. The highest BCUT2D eigenvalue weighted by Crippen LogP contribution is 2.20. The highest BCUT2D eigenvalue weighted by molar-refractivity contribution is 9.10. The van der Waals surface area contributed by atoms with Gasteiger partial charge in [0.2, 0.25) is 0 Å². The van der Waals surface area contributed by atoms with Crippen molar-refractivity contribution in [3.8, 4) is 0 Å². The first-order valence-electron chi connectivity index (χ1n) is 5.90. The van der Waals surface area contributed by atoms with E-state index in [1.54, 1.807) is 0 Å². The van der Waals surface area contributed by atoms with Gasteiger partial charge in [0.1, 0.15) is 5.82 Å². The summed E-state index contributed by atoms with van der Waals surface area (Å²) in [5.74, 6) is -0.277. The molecule has 102 valence electrons. The minimum Gasteiger partial charge on any atom is -0.396 e. The lowest BCUT2D eigenvalue weighted by Gasteiger charge is -2.13. The lowest BCUT2D eigenvalue weighted by molar-refractivity contribution is 0.238. The summed E-state index contributed by atoms with van der Waals surface area (Å²) in [5.41, 5.74) is 0.506. The van der Waals surface area contributed by atoms with Crippen LogP contribution in [-0.2, 0) is 0 Å². The topological polar surface area (TPSA) is 61.4 Å². The molecule has 0 heterocycles. The molecular formula is C13H14BrFN2O2. The Labute approximate surface area is 118 Å². The second-order valence-electron chi connectivity index (χ2n) is 4.40. The Morgan fingerprint density at radius 2 is 2.26 bits per heavy atom. The first-order chi connectivity index (χ1) is 9.08. The summed E-state index contributed by atoms with van der Waals surface area (Å²) < 4.78 is 13.3. The van der Waals surface area contributed by atoms with Gasteiger partial charge in [-0.05, 0) is 40.5 Å². The Hall–Kier alpha value is -1.40. The number of rotatable bonds is 3. The van der Waals surface area contributed by atoms with Crippen LogP contribution < -0.4 is 10.6 Å². The van der Waals surface area contributed by atoms with Crippen LogP contribution in [0.15, 0.2) is 34.8 Å². The zero-order valence-corrected chi connectivity index (χ0v) is 11.7. The molecule has 2 rings (SSSR count). The van der Waals surface area contributed by atoms with Crippen molar-refractivity contribution in [2.24, 2.45) is 5.92 Å². The lowest BCUT2D eigenvalue weighted by Crippen LogP contribution is -2.36. The van der Waals surface area contributed by atoms with E-state index in [-0.39, 0.29) is 30.4 Å². The largest absolute Gasteiger partial charge is 0.396 e. The summed E-state index contributed by atoms with van der Waals surface area (Å²) in [4.78, 5) is 11.7. The number of anilines is 1. The molecule has 6 heteroatoms. The highest BCUT2D eigenvalue weighted by Gasteiger charge is 2.19. The molecule has 0 aromatic heterocycles. The van der Waals surface area contributed by atoms with Gasteiger partial charge in [0.05, 0.1) is 4.47 Å². The quantitative estimate of drug-likeness (QED) is 0.747. The van der Waals surface area contributed by atoms with Gasteiger partial charge in [-0.25, -0.2) is 9.18 Å². The van der Waals surface area contributed by atoms with Crippen LogP contribution in [0.1, 0.15) is 6.42 Å². The molecule has 3 N–H and O–H groups in total. The van der Waals surface area contributed by atoms with Gasteiger partial charge < -0.3 is 15.7 Å². The number of halogens is 2. The fraction of sp³-hybridized carbons (Fsp3) is 0.308. The van der Waals surface area contributed by atoms with Crippen molar-refractivity contribution < 1.29 is 14.3 Å². The number of nitrogens with one attached hydrogen (secondary N) is 2. The molecule has 0 spiro atoms. The Bertz CT molecular complexity index is 507. The summed E-state index contributed by atoms with van der Waals surface area (Å²) in [7, 11) is 0. The summed E-state index contributed by atoms with van der Waals surface area (Å²) in [6.07, 6.45) is 4.44. The summed E-state index contributed by atoms with van der Waals surface area (Å²) >= 11 is 3.06. The van der Waals surface area contributed by atoms with Crippen LogP contribution in [0, 0.1) is 11.7 Å². The summed E-state index contributed by atoms with van der Waals surface area (Å²) in [6.45, 7) is 0.0845. The first kappa shape index (κ1) is 14.0. The van der Waals surface area contributed by atoms with E-state index < -0.39 is 0 Å². The maximum Gasteiger partial charge on any atom is 0.319 e. The summed E-state index contributed by atoms with van der Waals surface area (Å²) in [5, 5.41) is 14.4. The van der Waals surface area contributed by atoms with E-state index in [2.05, 4.69) is 26.6 Å². The lowest BCUT2D eigenvalue weighted by atomic mass is 10.1. The van der Waals surface area contributed by atoms with Crippen molar-refractivity contribution >= 4 is 27.6 Å². The average molecular weight is 329 g/mol. The van der Waals surface area contributed by atoms with Gasteiger partial charge in [-0.15, -0.1) is 0 Å². The smallest absolute Gasteiger partial charge is 0.319 e. The maximum absolute atomic E-state index is 13.0. The standard InChI is InChI=1S/C13H14BrFN2O2/c14-11-6-10(3-4-12(11)15)17-13(19)16-9-2-1-8(5-9)7-18/h1-4,6,8-9,18H,5,7H2,(H2,16,17,19)/t8-,9+/m0/s1. The molecule has 0 bridgehead atoms. The number of urea groups is 1. The van der Waals surface area contributed by atoms with Gasteiger partial charge in [0.15, 0.2) is 0 Å². The monoisotopic (exact) mass is 328 g/mol. The van der Waals surface area contributed by atoms with Crippen LogP contribution in [0.2, 0.25) is 0 Å². The fourth-order valence-corrected chi connectivity index (χ4v) is 2.31. The van der Waals surface area contributed by atoms with Crippen molar-refractivity contribution in [1.29, 1.82) is 0 Å².